The predicted molar refractivity (Wildman–Crippen MR) is 76.9 cm³/mol. The Morgan fingerprint density at radius 2 is 1.94 bits per heavy atom. The Morgan fingerprint density at radius 3 is 2.61 bits per heavy atom. The van der Waals surface area contributed by atoms with Crippen molar-refractivity contribution in [1.82, 2.24) is 0 Å². The summed E-state index contributed by atoms with van der Waals surface area (Å²) in [5.74, 6) is -0.174. The van der Waals surface area contributed by atoms with E-state index in [4.69, 9.17) is 4.74 Å². The summed E-state index contributed by atoms with van der Waals surface area (Å²) in [4.78, 5) is 11.4. The molecule has 0 radical (unpaired) electrons. The summed E-state index contributed by atoms with van der Waals surface area (Å²) in [6.07, 6.45) is 0.180. The number of carbonyl (C=O) groups is 1. The predicted octanol–water partition coefficient (Wildman–Crippen LogP) is 4.23. The average Bonchev–Trinajstić information content (AvgIpc) is 2.44. The van der Waals surface area contributed by atoms with Crippen LogP contribution in [0.3, 0.4) is 0 Å². The molecule has 2 aromatic carbocycles. The molecule has 1 atom stereocenters. The first-order valence-electron chi connectivity index (χ1n) is 5.98. The van der Waals surface area contributed by atoms with Crippen molar-refractivity contribution in [3.05, 3.63) is 48.0 Å². The molecule has 94 valence electrons. The number of hydrogen-bond donors (Lipinski definition) is 0. The molecule has 3 heteroatoms. The van der Waals surface area contributed by atoms with Crippen LogP contribution in [-0.2, 0) is 9.53 Å². The normalized spacial score (nSPS) is 12.3. The topological polar surface area (TPSA) is 26.3 Å². The van der Waals surface area contributed by atoms with E-state index in [9.17, 15) is 4.79 Å². The first-order valence-corrected chi connectivity index (χ1v) is 7.11. The van der Waals surface area contributed by atoms with Gasteiger partial charge in [-0.2, -0.15) is 0 Å². The van der Waals surface area contributed by atoms with Gasteiger partial charge in [0.25, 0.3) is 0 Å². The second-order valence-electron chi connectivity index (χ2n) is 4.09. The lowest BCUT2D eigenvalue weighted by Crippen LogP contribution is -2.11. The van der Waals surface area contributed by atoms with E-state index in [0.717, 1.165) is 10.9 Å². The lowest BCUT2D eigenvalue weighted by atomic mass is 10.0. The molecule has 0 fully saturated rings. The van der Waals surface area contributed by atoms with Gasteiger partial charge in [-0.25, -0.2) is 0 Å². The zero-order chi connectivity index (χ0) is 13.0. The standard InChI is InChI=1S/C15H15BrO2/c1-2-15(17)18-14(10-16)13-8-7-11-5-3-4-6-12(11)9-13/h3-9,14H,2,10H2,1H3/t14-/m1/s1. The Bertz CT molecular complexity index is 551. The minimum atomic E-state index is -0.220. The number of alkyl halides is 1. The molecular weight excluding hydrogens is 292 g/mol. The molecular formula is C15H15BrO2. The maximum Gasteiger partial charge on any atom is 0.306 e. The van der Waals surface area contributed by atoms with Crippen LogP contribution in [0.25, 0.3) is 10.8 Å². The van der Waals surface area contributed by atoms with Crippen LogP contribution in [0.4, 0.5) is 0 Å². The van der Waals surface area contributed by atoms with E-state index in [1.807, 2.05) is 18.2 Å². The van der Waals surface area contributed by atoms with E-state index in [-0.39, 0.29) is 12.1 Å². The number of ether oxygens (including phenoxy) is 1. The van der Waals surface area contributed by atoms with E-state index in [1.54, 1.807) is 6.92 Å². The minimum Gasteiger partial charge on any atom is -0.457 e. The molecule has 18 heavy (non-hydrogen) atoms. The Balaban J connectivity index is 2.30. The van der Waals surface area contributed by atoms with Crippen LogP contribution in [0.15, 0.2) is 42.5 Å². The van der Waals surface area contributed by atoms with Gasteiger partial charge in [0.2, 0.25) is 0 Å². The van der Waals surface area contributed by atoms with Gasteiger partial charge in [-0.05, 0) is 22.4 Å². The van der Waals surface area contributed by atoms with Gasteiger partial charge in [0, 0.05) is 11.8 Å². The largest absolute Gasteiger partial charge is 0.457 e. The highest BCUT2D eigenvalue weighted by atomic mass is 79.9. The number of benzene rings is 2. The number of hydrogen-bond acceptors (Lipinski definition) is 2. The Morgan fingerprint density at radius 1 is 1.22 bits per heavy atom. The van der Waals surface area contributed by atoms with Crippen molar-refractivity contribution in [3.63, 3.8) is 0 Å². The van der Waals surface area contributed by atoms with E-state index in [2.05, 4.69) is 40.2 Å². The summed E-state index contributed by atoms with van der Waals surface area (Å²) in [6, 6.07) is 14.3. The SMILES string of the molecule is CCC(=O)O[C@H](CBr)c1ccc2ccccc2c1. The zero-order valence-electron chi connectivity index (χ0n) is 10.2. The first-order chi connectivity index (χ1) is 8.74. The number of rotatable bonds is 4. The molecule has 0 N–H and O–H groups in total. The van der Waals surface area contributed by atoms with Crippen LogP contribution in [0.2, 0.25) is 0 Å². The van der Waals surface area contributed by atoms with Crippen molar-refractivity contribution in [2.24, 2.45) is 0 Å². The third kappa shape index (κ3) is 2.91. The third-order valence-electron chi connectivity index (χ3n) is 2.85. The summed E-state index contributed by atoms with van der Waals surface area (Å²) in [6.45, 7) is 1.80. The van der Waals surface area contributed by atoms with Crippen LogP contribution in [0.5, 0.6) is 0 Å². The highest BCUT2D eigenvalue weighted by molar-refractivity contribution is 9.09. The molecule has 0 aliphatic carbocycles. The molecule has 0 aliphatic heterocycles. The van der Waals surface area contributed by atoms with Crippen molar-refractivity contribution in [1.29, 1.82) is 0 Å². The van der Waals surface area contributed by atoms with Gasteiger partial charge in [-0.1, -0.05) is 59.3 Å². The molecule has 0 amide bonds. The molecule has 0 saturated heterocycles. The highest BCUT2D eigenvalue weighted by Gasteiger charge is 2.14. The van der Waals surface area contributed by atoms with Gasteiger partial charge in [-0.3, -0.25) is 4.79 Å². The van der Waals surface area contributed by atoms with E-state index >= 15 is 0 Å². The van der Waals surface area contributed by atoms with Crippen molar-refractivity contribution in [2.45, 2.75) is 19.4 Å². The highest BCUT2D eigenvalue weighted by Crippen LogP contribution is 2.24. The van der Waals surface area contributed by atoms with Crippen molar-refractivity contribution >= 4 is 32.7 Å². The molecule has 0 aromatic heterocycles. The average molecular weight is 307 g/mol. The summed E-state index contributed by atoms with van der Waals surface area (Å²) in [5.41, 5.74) is 1.02. The minimum absolute atomic E-state index is 0.174. The number of carbonyl (C=O) groups excluding carboxylic acids is 1. The fourth-order valence-electron chi connectivity index (χ4n) is 1.84. The van der Waals surface area contributed by atoms with E-state index < -0.39 is 0 Å². The molecule has 0 spiro atoms. The van der Waals surface area contributed by atoms with Crippen molar-refractivity contribution in [3.8, 4) is 0 Å². The quantitative estimate of drug-likeness (QED) is 0.624. The number of halogens is 1. The fourth-order valence-corrected chi connectivity index (χ4v) is 2.34. The maximum absolute atomic E-state index is 11.4. The van der Waals surface area contributed by atoms with E-state index in [0.29, 0.717) is 11.8 Å². The van der Waals surface area contributed by atoms with Gasteiger partial charge >= 0.3 is 5.97 Å². The van der Waals surface area contributed by atoms with Crippen LogP contribution >= 0.6 is 15.9 Å². The molecule has 2 rings (SSSR count). The maximum atomic E-state index is 11.4. The summed E-state index contributed by atoms with van der Waals surface area (Å²) < 4.78 is 5.40. The van der Waals surface area contributed by atoms with Gasteiger partial charge in [0.1, 0.15) is 6.10 Å². The van der Waals surface area contributed by atoms with Gasteiger partial charge in [-0.15, -0.1) is 0 Å². The fraction of sp³-hybridized carbons (Fsp3) is 0.267. The molecule has 0 heterocycles. The monoisotopic (exact) mass is 306 g/mol. The van der Waals surface area contributed by atoms with Crippen molar-refractivity contribution in [2.75, 3.05) is 5.33 Å². The third-order valence-corrected chi connectivity index (χ3v) is 3.44. The van der Waals surface area contributed by atoms with E-state index in [1.165, 1.54) is 5.39 Å². The smallest absolute Gasteiger partial charge is 0.306 e. The summed E-state index contributed by atoms with van der Waals surface area (Å²) >= 11 is 3.40. The molecule has 0 bridgehead atoms. The molecule has 2 nitrogen and oxygen atoms in total. The lowest BCUT2D eigenvalue weighted by Gasteiger charge is -2.16. The van der Waals surface area contributed by atoms with Crippen LogP contribution < -0.4 is 0 Å². The second kappa shape index (κ2) is 6.01. The second-order valence-corrected chi connectivity index (χ2v) is 4.74. The number of esters is 1. The number of fused-ring (bicyclic) bond motifs is 1. The Hall–Kier alpha value is -1.35. The Kier molecular flexibility index (Phi) is 4.37. The van der Waals surface area contributed by atoms with Crippen molar-refractivity contribution < 1.29 is 9.53 Å². The van der Waals surface area contributed by atoms with Crippen LogP contribution in [0, 0.1) is 0 Å². The molecule has 0 saturated carbocycles. The summed E-state index contributed by atoms with van der Waals surface area (Å²) in [7, 11) is 0. The lowest BCUT2D eigenvalue weighted by molar-refractivity contribution is -0.147. The van der Waals surface area contributed by atoms with Gasteiger partial charge < -0.3 is 4.74 Å². The summed E-state index contributed by atoms with van der Waals surface area (Å²) in [5, 5.41) is 2.96. The zero-order valence-corrected chi connectivity index (χ0v) is 11.8. The first kappa shape index (κ1) is 13.1. The van der Waals surface area contributed by atoms with Crippen LogP contribution in [-0.4, -0.2) is 11.3 Å². The van der Waals surface area contributed by atoms with Gasteiger partial charge in [0.05, 0.1) is 0 Å². The molecule has 2 aromatic rings. The van der Waals surface area contributed by atoms with Gasteiger partial charge in [0.15, 0.2) is 0 Å². The molecule has 0 aliphatic rings. The molecule has 0 unspecified atom stereocenters. The Labute approximate surface area is 115 Å². The van der Waals surface area contributed by atoms with Crippen LogP contribution in [0.1, 0.15) is 25.0 Å².